The van der Waals surface area contributed by atoms with Crippen molar-refractivity contribution in [3.05, 3.63) is 54.1 Å². The monoisotopic (exact) mass is 431 g/mol. The zero-order valence-electron chi connectivity index (χ0n) is 16.9. The summed E-state index contributed by atoms with van der Waals surface area (Å²) in [5.41, 5.74) is 1.49. The molecule has 0 spiro atoms. The lowest BCUT2D eigenvalue weighted by Crippen LogP contribution is -2.47. The Morgan fingerprint density at radius 3 is 2.60 bits per heavy atom. The van der Waals surface area contributed by atoms with Gasteiger partial charge in [0.2, 0.25) is 21.8 Å². The van der Waals surface area contributed by atoms with Gasteiger partial charge in [-0.25, -0.2) is 8.42 Å². The number of benzene rings is 2. The summed E-state index contributed by atoms with van der Waals surface area (Å²) in [4.78, 5) is 24.9. The number of nitrogens with zero attached hydrogens (tertiary/aromatic N) is 1. The molecule has 3 rings (SSSR count). The van der Waals surface area contributed by atoms with Gasteiger partial charge in [0.05, 0.1) is 18.6 Å². The molecule has 1 unspecified atom stereocenters. The van der Waals surface area contributed by atoms with Crippen molar-refractivity contribution < 1.29 is 22.7 Å². The van der Waals surface area contributed by atoms with Crippen molar-refractivity contribution in [1.29, 1.82) is 0 Å². The second-order valence-corrected chi connectivity index (χ2v) is 8.98. The summed E-state index contributed by atoms with van der Waals surface area (Å²) in [6.45, 7) is 1.88. The number of anilines is 1. The van der Waals surface area contributed by atoms with Gasteiger partial charge in [-0.05, 0) is 44.0 Å². The van der Waals surface area contributed by atoms with E-state index in [2.05, 4.69) is 10.6 Å². The minimum Gasteiger partial charge on any atom is -0.497 e. The molecule has 2 amide bonds. The largest absolute Gasteiger partial charge is 0.497 e. The zero-order valence-corrected chi connectivity index (χ0v) is 17.7. The van der Waals surface area contributed by atoms with E-state index in [1.165, 1.54) is 11.4 Å². The number of nitrogens with one attached hydrogen (secondary N) is 2. The van der Waals surface area contributed by atoms with Gasteiger partial charge in [0.15, 0.2) is 0 Å². The van der Waals surface area contributed by atoms with Crippen molar-refractivity contribution in [2.45, 2.75) is 30.7 Å². The standard InChI is InChI=1S/C21H25N3O5S/c1-15-8-10-18(11-9-15)30(27,28)24-12-4-7-19(24)21(26)22-14-20(25)23-16-5-3-6-17(13-16)29-2/h3,5-6,8-11,13,19H,4,7,12,14H2,1-2H3,(H,22,26)(H,23,25). The predicted octanol–water partition coefficient (Wildman–Crippen LogP) is 1.91. The van der Waals surface area contributed by atoms with Crippen molar-refractivity contribution in [2.24, 2.45) is 0 Å². The number of rotatable bonds is 7. The van der Waals surface area contributed by atoms with Crippen LogP contribution in [0.25, 0.3) is 0 Å². The Morgan fingerprint density at radius 2 is 1.90 bits per heavy atom. The van der Waals surface area contributed by atoms with Crippen molar-refractivity contribution in [1.82, 2.24) is 9.62 Å². The van der Waals surface area contributed by atoms with E-state index in [0.717, 1.165) is 5.56 Å². The Labute approximate surface area is 176 Å². The number of carbonyl (C=O) groups is 2. The molecule has 2 N–H and O–H groups in total. The smallest absolute Gasteiger partial charge is 0.243 e. The molecule has 9 heteroatoms. The minimum atomic E-state index is -3.79. The normalized spacial score (nSPS) is 16.8. The first-order chi connectivity index (χ1) is 14.3. The molecular formula is C21H25N3O5S. The third kappa shape index (κ3) is 4.98. The van der Waals surface area contributed by atoms with Crippen LogP contribution in [0.1, 0.15) is 18.4 Å². The highest BCUT2D eigenvalue weighted by Crippen LogP contribution is 2.26. The molecule has 0 radical (unpaired) electrons. The van der Waals surface area contributed by atoms with Crippen LogP contribution in [0.2, 0.25) is 0 Å². The molecule has 1 heterocycles. The summed E-state index contributed by atoms with van der Waals surface area (Å²) in [6, 6.07) is 12.5. The second kappa shape index (κ2) is 9.27. The number of methoxy groups -OCH3 is 1. The Hall–Kier alpha value is -2.91. The van der Waals surface area contributed by atoms with E-state index in [9.17, 15) is 18.0 Å². The van der Waals surface area contributed by atoms with Gasteiger partial charge in [-0.2, -0.15) is 4.31 Å². The Morgan fingerprint density at radius 1 is 1.17 bits per heavy atom. The van der Waals surface area contributed by atoms with Crippen LogP contribution in [-0.4, -0.2) is 50.8 Å². The maximum Gasteiger partial charge on any atom is 0.243 e. The van der Waals surface area contributed by atoms with Crippen LogP contribution in [-0.2, 0) is 19.6 Å². The van der Waals surface area contributed by atoms with Gasteiger partial charge in [0.1, 0.15) is 11.8 Å². The van der Waals surface area contributed by atoms with E-state index in [-0.39, 0.29) is 18.0 Å². The maximum absolute atomic E-state index is 13.0. The first-order valence-electron chi connectivity index (χ1n) is 9.61. The van der Waals surface area contributed by atoms with Crippen LogP contribution < -0.4 is 15.4 Å². The summed E-state index contributed by atoms with van der Waals surface area (Å²) >= 11 is 0. The van der Waals surface area contributed by atoms with E-state index in [1.54, 1.807) is 48.5 Å². The van der Waals surface area contributed by atoms with Crippen molar-refractivity contribution >= 4 is 27.5 Å². The number of hydrogen-bond donors (Lipinski definition) is 2. The van der Waals surface area contributed by atoms with Crippen molar-refractivity contribution in [3.8, 4) is 5.75 Å². The molecule has 0 aliphatic carbocycles. The molecule has 1 fully saturated rings. The first kappa shape index (κ1) is 21.8. The quantitative estimate of drug-likeness (QED) is 0.697. The molecule has 2 aromatic carbocycles. The average molecular weight is 432 g/mol. The molecule has 30 heavy (non-hydrogen) atoms. The molecule has 1 aliphatic heterocycles. The third-order valence-corrected chi connectivity index (χ3v) is 6.83. The van der Waals surface area contributed by atoms with Crippen molar-refractivity contribution in [2.75, 3.05) is 25.5 Å². The van der Waals surface area contributed by atoms with Gasteiger partial charge in [0, 0.05) is 18.3 Å². The molecule has 1 saturated heterocycles. The minimum absolute atomic E-state index is 0.156. The van der Waals surface area contributed by atoms with Gasteiger partial charge in [-0.1, -0.05) is 23.8 Å². The van der Waals surface area contributed by atoms with Crippen LogP contribution >= 0.6 is 0 Å². The highest BCUT2D eigenvalue weighted by molar-refractivity contribution is 7.89. The lowest BCUT2D eigenvalue weighted by molar-refractivity contribution is -0.126. The van der Waals surface area contributed by atoms with Crippen LogP contribution in [0, 0.1) is 6.92 Å². The molecule has 0 bridgehead atoms. The molecule has 8 nitrogen and oxygen atoms in total. The van der Waals surface area contributed by atoms with Crippen LogP contribution in [0.4, 0.5) is 5.69 Å². The molecule has 1 atom stereocenters. The van der Waals surface area contributed by atoms with E-state index in [4.69, 9.17) is 4.74 Å². The summed E-state index contributed by atoms with van der Waals surface area (Å²) < 4.78 is 32.2. The van der Waals surface area contributed by atoms with Crippen LogP contribution in [0.5, 0.6) is 5.75 Å². The van der Waals surface area contributed by atoms with Gasteiger partial charge in [-0.3, -0.25) is 9.59 Å². The second-order valence-electron chi connectivity index (χ2n) is 7.08. The molecule has 1 aliphatic rings. The molecular weight excluding hydrogens is 406 g/mol. The summed E-state index contributed by atoms with van der Waals surface area (Å²) in [5, 5.41) is 5.22. The average Bonchev–Trinajstić information content (AvgIpc) is 3.23. The maximum atomic E-state index is 13.0. The number of hydrogen-bond acceptors (Lipinski definition) is 5. The lowest BCUT2D eigenvalue weighted by Gasteiger charge is -2.23. The summed E-state index contributed by atoms with van der Waals surface area (Å²) in [5.74, 6) is -0.300. The number of aryl methyl sites for hydroxylation is 1. The SMILES string of the molecule is COc1cccc(NC(=O)CNC(=O)C2CCCN2S(=O)(=O)c2ccc(C)cc2)c1. The topological polar surface area (TPSA) is 105 Å². The Kier molecular flexibility index (Phi) is 6.73. The van der Waals surface area contributed by atoms with Gasteiger partial charge >= 0.3 is 0 Å². The zero-order chi connectivity index (χ0) is 21.7. The summed E-state index contributed by atoms with van der Waals surface area (Å²) in [7, 11) is -2.26. The number of amides is 2. The van der Waals surface area contributed by atoms with E-state index < -0.39 is 27.9 Å². The summed E-state index contributed by atoms with van der Waals surface area (Å²) in [6.07, 6.45) is 0.994. The van der Waals surface area contributed by atoms with E-state index >= 15 is 0 Å². The number of sulfonamides is 1. The Bertz CT molecular complexity index is 1020. The van der Waals surface area contributed by atoms with E-state index in [0.29, 0.717) is 24.3 Å². The highest BCUT2D eigenvalue weighted by Gasteiger charge is 2.39. The predicted molar refractivity (Wildman–Crippen MR) is 113 cm³/mol. The van der Waals surface area contributed by atoms with Gasteiger partial charge in [0.25, 0.3) is 0 Å². The third-order valence-electron chi connectivity index (χ3n) is 4.91. The van der Waals surface area contributed by atoms with Crippen LogP contribution in [0.15, 0.2) is 53.4 Å². The molecule has 0 aromatic heterocycles. The fourth-order valence-corrected chi connectivity index (χ4v) is 4.98. The fourth-order valence-electron chi connectivity index (χ4n) is 3.33. The van der Waals surface area contributed by atoms with Crippen LogP contribution in [0.3, 0.4) is 0 Å². The molecule has 0 saturated carbocycles. The van der Waals surface area contributed by atoms with Gasteiger partial charge in [-0.15, -0.1) is 0 Å². The molecule has 160 valence electrons. The molecule has 2 aromatic rings. The number of ether oxygens (including phenoxy) is 1. The van der Waals surface area contributed by atoms with Crippen molar-refractivity contribution in [3.63, 3.8) is 0 Å². The number of carbonyl (C=O) groups excluding carboxylic acids is 2. The van der Waals surface area contributed by atoms with E-state index in [1.807, 2.05) is 6.92 Å². The fraction of sp³-hybridized carbons (Fsp3) is 0.333. The van der Waals surface area contributed by atoms with Gasteiger partial charge < -0.3 is 15.4 Å². The lowest BCUT2D eigenvalue weighted by atomic mass is 10.2. The Balaban J connectivity index is 1.61. The highest BCUT2D eigenvalue weighted by atomic mass is 32.2. The first-order valence-corrected chi connectivity index (χ1v) is 11.1.